The van der Waals surface area contributed by atoms with Crippen molar-refractivity contribution < 1.29 is 23.1 Å². The summed E-state index contributed by atoms with van der Waals surface area (Å²) in [7, 11) is 0. The minimum absolute atomic E-state index is 0.000381. The number of benzene rings is 2. The lowest BCUT2D eigenvalue weighted by atomic mass is 10.0. The van der Waals surface area contributed by atoms with Crippen molar-refractivity contribution in [3.63, 3.8) is 0 Å². The second-order valence-electron chi connectivity index (χ2n) is 8.34. The van der Waals surface area contributed by atoms with Gasteiger partial charge < -0.3 is 10.0 Å². The molecule has 4 rings (SSSR count). The van der Waals surface area contributed by atoms with E-state index in [1.165, 1.54) is 23.5 Å². The molecule has 170 valence electrons. The molecule has 32 heavy (non-hydrogen) atoms. The van der Waals surface area contributed by atoms with Gasteiger partial charge in [-0.1, -0.05) is 35.6 Å². The molecule has 2 unspecified atom stereocenters. The molecule has 2 atom stereocenters. The number of nitrogens with zero attached hydrogens (tertiary/aromatic N) is 3. The molecule has 1 aliphatic heterocycles. The number of piperazine rings is 1. The molecule has 1 N–H and O–H groups in total. The lowest BCUT2D eigenvalue weighted by Crippen LogP contribution is -2.56. The van der Waals surface area contributed by atoms with E-state index in [0.29, 0.717) is 29.9 Å². The molecule has 2 heterocycles. The average molecular weight is 464 g/mol. The number of alkyl halides is 3. The molecule has 2 aromatic carbocycles. The van der Waals surface area contributed by atoms with Crippen LogP contribution >= 0.6 is 11.3 Å². The van der Waals surface area contributed by atoms with E-state index < -0.39 is 17.7 Å². The molecule has 5 nitrogen and oxygen atoms in total. The fourth-order valence-electron chi connectivity index (χ4n) is 4.27. The summed E-state index contributed by atoms with van der Waals surface area (Å²) in [5, 5.41) is 9.77. The minimum atomic E-state index is -4.37. The molecule has 0 saturated carbocycles. The number of fused-ring (bicyclic) bond motifs is 1. The van der Waals surface area contributed by atoms with Crippen molar-refractivity contribution >= 4 is 32.7 Å². The average Bonchev–Trinajstić information content (AvgIpc) is 3.13. The second kappa shape index (κ2) is 8.71. The third-order valence-corrected chi connectivity index (χ3v) is 6.87. The molecule has 1 aliphatic rings. The highest BCUT2D eigenvalue weighted by molar-refractivity contribution is 7.22. The van der Waals surface area contributed by atoms with E-state index in [-0.39, 0.29) is 18.5 Å². The van der Waals surface area contributed by atoms with E-state index in [4.69, 9.17) is 5.11 Å². The van der Waals surface area contributed by atoms with Crippen molar-refractivity contribution in [2.45, 2.75) is 45.1 Å². The first-order valence-corrected chi connectivity index (χ1v) is 11.2. The van der Waals surface area contributed by atoms with Gasteiger partial charge in [0.05, 0.1) is 22.2 Å². The Morgan fingerprint density at radius 3 is 2.47 bits per heavy atom. The topological polar surface area (TPSA) is 56.7 Å². The Morgan fingerprint density at radius 2 is 1.81 bits per heavy atom. The number of hydrogen-bond acceptors (Lipinski definition) is 5. The molecule has 0 spiro atoms. The highest BCUT2D eigenvalue weighted by Crippen LogP contribution is 2.36. The largest absolute Gasteiger partial charge is 0.481 e. The van der Waals surface area contributed by atoms with Crippen LogP contribution < -0.4 is 4.90 Å². The summed E-state index contributed by atoms with van der Waals surface area (Å²) in [6.45, 7) is 6.38. The smallest absolute Gasteiger partial charge is 0.416 e. The van der Waals surface area contributed by atoms with E-state index in [1.54, 1.807) is 0 Å². The molecule has 1 aromatic heterocycles. The van der Waals surface area contributed by atoms with Gasteiger partial charge in [-0.3, -0.25) is 9.69 Å². The van der Waals surface area contributed by atoms with Crippen molar-refractivity contribution in [1.82, 2.24) is 9.88 Å². The first-order chi connectivity index (χ1) is 15.1. The van der Waals surface area contributed by atoms with Crippen LogP contribution in [0.3, 0.4) is 0 Å². The molecule has 1 saturated heterocycles. The highest BCUT2D eigenvalue weighted by atomic mass is 32.1. The number of rotatable bonds is 5. The summed E-state index contributed by atoms with van der Waals surface area (Å²) in [4.78, 5) is 20.1. The highest BCUT2D eigenvalue weighted by Gasteiger charge is 2.33. The van der Waals surface area contributed by atoms with Crippen LogP contribution in [0.1, 0.15) is 30.5 Å². The van der Waals surface area contributed by atoms with Gasteiger partial charge in [-0.05, 0) is 43.2 Å². The van der Waals surface area contributed by atoms with Crippen LogP contribution in [0.5, 0.6) is 0 Å². The van der Waals surface area contributed by atoms with Crippen LogP contribution in [-0.4, -0.2) is 46.1 Å². The normalized spacial score (nSPS) is 20.1. The Kier molecular flexibility index (Phi) is 6.13. The van der Waals surface area contributed by atoms with Crippen LogP contribution in [0.2, 0.25) is 0 Å². The molecular weight excluding hydrogens is 439 g/mol. The maximum Gasteiger partial charge on any atom is 0.416 e. The van der Waals surface area contributed by atoms with Gasteiger partial charge in [0, 0.05) is 31.7 Å². The van der Waals surface area contributed by atoms with E-state index in [2.05, 4.69) is 28.6 Å². The van der Waals surface area contributed by atoms with Crippen LogP contribution in [0.15, 0.2) is 42.5 Å². The predicted octanol–water partition coefficient (Wildman–Crippen LogP) is 5.04. The van der Waals surface area contributed by atoms with E-state index in [0.717, 1.165) is 22.3 Å². The quantitative estimate of drug-likeness (QED) is 0.575. The van der Waals surface area contributed by atoms with Gasteiger partial charge in [0.1, 0.15) is 0 Å². The van der Waals surface area contributed by atoms with Gasteiger partial charge in [0.15, 0.2) is 5.13 Å². The molecule has 0 aliphatic carbocycles. The van der Waals surface area contributed by atoms with E-state index >= 15 is 0 Å². The summed E-state index contributed by atoms with van der Waals surface area (Å²) in [6.07, 6.45) is -4.37. The number of thiazole rings is 1. The fraction of sp³-hybridized carbons (Fsp3) is 0.391. The van der Waals surface area contributed by atoms with Crippen molar-refractivity contribution in [1.29, 1.82) is 0 Å². The third-order valence-electron chi connectivity index (χ3n) is 5.79. The predicted molar refractivity (Wildman–Crippen MR) is 119 cm³/mol. The summed E-state index contributed by atoms with van der Waals surface area (Å²) in [5.41, 5.74) is 1.77. The number of aromatic nitrogens is 1. The van der Waals surface area contributed by atoms with Crippen LogP contribution in [0, 0.1) is 0 Å². The molecule has 0 amide bonds. The first kappa shape index (κ1) is 22.5. The summed E-state index contributed by atoms with van der Waals surface area (Å²) in [5.74, 6) is -0.851. The van der Waals surface area contributed by atoms with Crippen molar-refractivity contribution in [2.24, 2.45) is 0 Å². The first-order valence-electron chi connectivity index (χ1n) is 10.4. The summed E-state index contributed by atoms with van der Waals surface area (Å²) >= 11 is 1.29. The Hall–Kier alpha value is -2.65. The van der Waals surface area contributed by atoms with Gasteiger partial charge in [-0.2, -0.15) is 13.2 Å². The number of carboxylic acids is 1. The third kappa shape index (κ3) is 4.88. The Labute approximate surface area is 188 Å². The molecular formula is C23H24F3N3O2S. The standard InChI is InChI=1S/C23H24F3N3O2S/c1-14-11-28(22-27-19-7-6-18(23(24,25)26)10-20(19)32-22)12-15(2)29(14)13-17-5-3-4-16(8-17)9-21(30)31/h3-8,10,14-15H,9,11-13H2,1-2H3,(H,30,31). The van der Waals surface area contributed by atoms with Gasteiger partial charge in [0.25, 0.3) is 0 Å². The van der Waals surface area contributed by atoms with E-state index in [1.807, 2.05) is 24.3 Å². The number of anilines is 1. The van der Waals surface area contributed by atoms with Crippen LogP contribution in [0.25, 0.3) is 10.2 Å². The van der Waals surface area contributed by atoms with Gasteiger partial charge in [0.2, 0.25) is 0 Å². The Morgan fingerprint density at radius 1 is 1.12 bits per heavy atom. The number of carboxylic acid groups (broad SMARTS) is 1. The van der Waals surface area contributed by atoms with Crippen molar-refractivity contribution in [3.05, 3.63) is 59.2 Å². The number of carbonyl (C=O) groups is 1. The fourth-order valence-corrected chi connectivity index (χ4v) is 5.29. The SMILES string of the molecule is CC1CN(c2nc3ccc(C(F)(F)F)cc3s2)CC(C)N1Cc1cccc(CC(=O)O)c1. The zero-order chi connectivity index (χ0) is 23.0. The second-order valence-corrected chi connectivity index (χ2v) is 9.35. The summed E-state index contributed by atoms with van der Waals surface area (Å²) < 4.78 is 39.6. The van der Waals surface area contributed by atoms with Gasteiger partial charge in [-0.15, -0.1) is 0 Å². The minimum Gasteiger partial charge on any atom is -0.481 e. The van der Waals surface area contributed by atoms with Gasteiger partial charge >= 0.3 is 12.1 Å². The molecule has 1 fully saturated rings. The molecule has 0 radical (unpaired) electrons. The lowest BCUT2D eigenvalue weighted by Gasteiger charge is -2.44. The summed E-state index contributed by atoms with van der Waals surface area (Å²) in [6, 6.07) is 11.7. The Balaban J connectivity index is 1.49. The monoisotopic (exact) mass is 463 g/mol. The molecule has 9 heteroatoms. The van der Waals surface area contributed by atoms with Crippen molar-refractivity contribution in [3.8, 4) is 0 Å². The zero-order valence-corrected chi connectivity index (χ0v) is 18.6. The van der Waals surface area contributed by atoms with E-state index in [9.17, 15) is 18.0 Å². The number of aliphatic carboxylic acids is 1. The van der Waals surface area contributed by atoms with Gasteiger partial charge in [-0.25, -0.2) is 4.98 Å². The molecule has 0 bridgehead atoms. The van der Waals surface area contributed by atoms with Crippen molar-refractivity contribution in [2.75, 3.05) is 18.0 Å². The number of hydrogen-bond donors (Lipinski definition) is 1. The Bertz CT molecular complexity index is 1120. The maximum atomic E-state index is 13.0. The zero-order valence-electron chi connectivity index (χ0n) is 17.8. The van der Waals surface area contributed by atoms with Crippen LogP contribution in [-0.2, 0) is 23.9 Å². The maximum absolute atomic E-state index is 13.0. The molecule has 3 aromatic rings. The van der Waals surface area contributed by atoms with Crippen LogP contribution in [0.4, 0.5) is 18.3 Å². The number of halogens is 3. The lowest BCUT2D eigenvalue weighted by molar-refractivity contribution is -0.138.